The Labute approximate surface area is 149 Å². The van der Waals surface area contributed by atoms with Crippen molar-refractivity contribution in [3.63, 3.8) is 0 Å². The first-order valence-corrected chi connectivity index (χ1v) is 8.47. The van der Waals surface area contributed by atoms with E-state index in [2.05, 4.69) is 0 Å². The standard InChI is InChI=1S/C21H13ClO3/c1-25-21-18(22)19(23)16-14-10-6-2-4-8-12(10)15(17(16)20(21)24)13-9-5-3-7-11(13)14/h2-9,14-15H,1H3. The van der Waals surface area contributed by atoms with Crippen LogP contribution in [0.15, 0.2) is 70.5 Å². The van der Waals surface area contributed by atoms with E-state index in [-0.39, 0.29) is 34.2 Å². The average Bonchev–Trinajstić information content (AvgIpc) is 2.66. The van der Waals surface area contributed by atoms with E-state index in [1.165, 1.54) is 7.11 Å². The molecule has 0 N–H and O–H groups in total. The molecule has 0 atom stereocenters. The summed E-state index contributed by atoms with van der Waals surface area (Å²) in [5.74, 6) is -1.13. The molecule has 2 aromatic carbocycles. The summed E-state index contributed by atoms with van der Waals surface area (Å²) in [6.45, 7) is 0. The minimum absolute atomic E-state index is 0.0482. The van der Waals surface area contributed by atoms with Crippen molar-refractivity contribution < 1.29 is 14.3 Å². The second kappa shape index (κ2) is 4.93. The molecule has 0 amide bonds. The van der Waals surface area contributed by atoms with Crippen molar-refractivity contribution in [2.45, 2.75) is 11.8 Å². The van der Waals surface area contributed by atoms with Gasteiger partial charge in [0.05, 0.1) is 7.11 Å². The molecule has 4 aliphatic carbocycles. The van der Waals surface area contributed by atoms with E-state index in [1.54, 1.807) is 0 Å². The van der Waals surface area contributed by atoms with E-state index in [9.17, 15) is 9.59 Å². The van der Waals surface area contributed by atoms with E-state index in [0.29, 0.717) is 11.1 Å². The summed E-state index contributed by atoms with van der Waals surface area (Å²) in [6.07, 6.45) is 0. The maximum absolute atomic E-state index is 13.1. The zero-order valence-electron chi connectivity index (χ0n) is 13.4. The highest BCUT2D eigenvalue weighted by atomic mass is 35.5. The number of benzene rings is 2. The van der Waals surface area contributed by atoms with Crippen LogP contribution in [0.5, 0.6) is 0 Å². The lowest BCUT2D eigenvalue weighted by atomic mass is 9.58. The van der Waals surface area contributed by atoms with Crippen molar-refractivity contribution in [3.05, 3.63) is 92.7 Å². The fourth-order valence-electron chi connectivity index (χ4n) is 4.47. The lowest BCUT2D eigenvalue weighted by Gasteiger charge is -2.43. The molecule has 0 spiro atoms. The highest BCUT2D eigenvalue weighted by molar-refractivity contribution is 6.49. The minimum atomic E-state index is -0.299. The topological polar surface area (TPSA) is 43.4 Å². The summed E-state index contributed by atoms with van der Waals surface area (Å²) in [5.41, 5.74) is 5.36. The Morgan fingerprint density at radius 2 is 1.16 bits per heavy atom. The molecule has 4 heteroatoms. The number of hydrogen-bond donors (Lipinski definition) is 0. The molecular weight excluding hydrogens is 336 g/mol. The molecule has 2 aromatic rings. The highest BCUT2D eigenvalue weighted by Gasteiger charge is 2.50. The molecular formula is C21H13ClO3. The van der Waals surface area contributed by atoms with E-state index in [1.807, 2.05) is 48.5 Å². The Balaban J connectivity index is 1.86. The third-order valence-corrected chi connectivity index (χ3v) is 5.75. The van der Waals surface area contributed by atoms with Gasteiger partial charge in [-0.2, -0.15) is 0 Å². The zero-order valence-corrected chi connectivity index (χ0v) is 14.1. The van der Waals surface area contributed by atoms with Gasteiger partial charge in [0.25, 0.3) is 0 Å². The molecule has 0 unspecified atom stereocenters. The molecule has 0 aliphatic heterocycles. The van der Waals surface area contributed by atoms with E-state index >= 15 is 0 Å². The van der Waals surface area contributed by atoms with Crippen LogP contribution in [-0.2, 0) is 14.3 Å². The number of methoxy groups -OCH3 is 1. The third kappa shape index (κ3) is 1.66. The summed E-state index contributed by atoms with van der Waals surface area (Å²) in [4.78, 5) is 26.1. The molecule has 3 nitrogen and oxygen atoms in total. The zero-order chi connectivity index (χ0) is 17.3. The van der Waals surface area contributed by atoms with E-state index < -0.39 is 0 Å². The first-order valence-electron chi connectivity index (χ1n) is 8.10. The van der Waals surface area contributed by atoms with Gasteiger partial charge in [0.2, 0.25) is 11.6 Å². The Morgan fingerprint density at radius 1 is 0.760 bits per heavy atom. The van der Waals surface area contributed by atoms with Crippen molar-refractivity contribution in [2.24, 2.45) is 0 Å². The van der Waals surface area contributed by atoms with Crippen molar-refractivity contribution in [1.82, 2.24) is 0 Å². The van der Waals surface area contributed by atoms with Gasteiger partial charge in [-0.15, -0.1) is 0 Å². The number of carbonyl (C=O) groups excluding carboxylic acids is 2. The van der Waals surface area contributed by atoms with Crippen LogP contribution in [-0.4, -0.2) is 18.7 Å². The second-order valence-electron chi connectivity index (χ2n) is 6.46. The quantitative estimate of drug-likeness (QED) is 0.736. The lowest BCUT2D eigenvalue weighted by Crippen LogP contribution is -2.37. The fraction of sp³-hybridized carbons (Fsp3) is 0.143. The number of halogens is 1. The molecule has 0 saturated heterocycles. The van der Waals surface area contributed by atoms with Crippen LogP contribution >= 0.6 is 11.6 Å². The van der Waals surface area contributed by atoms with Crippen molar-refractivity contribution in [1.29, 1.82) is 0 Å². The van der Waals surface area contributed by atoms with Gasteiger partial charge < -0.3 is 4.74 Å². The van der Waals surface area contributed by atoms with Crippen LogP contribution < -0.4 is 0 Å². The molecule has 4 aliphatic rings. The lowest BCUT2D eigenvalue weighted by molar-refractivity contribution is -0.118. The number of allylic oxidation sites excluding steroid dienone is 3. The number of ketones is 2. The Kier molecular flexibility index (Phi) is 2.89. The summed E-state index contributed by atoms with van der Waals surface area (Å²) < 4.78 is 5.16. The molecule has 0 heterocycles. The van der Waals surface area contributed by atoms with Crippen LogP contribution in [0.3, 0.4) is 0 Å². The van der Waals surface area contributed by atoms with Gasteiger partial charge in [-0.1, -0.05) is 60.1 Å². The number of rotatable bonds is 1. The number of carbonyl (C=O) groups is 2. The third-order valence-electron chi connectivity index (χ3n) is 5.40. The summed E-state index contributed by atoms with van der Waals surface area (Å²) in [5, 5.41) is -0.117. The maximum atomic E-state index is 13.1. The SMILES string of the molecule is COC1=C(Cl)C(=O)C2=C(C1=O)C1c3ccccc3C2c2ccccc21. The predicted octanol–water partition coefficient (Wildman–Crippen LogP) is 3.82. The smallest absolute Gasteiger partial charge is 0.226 e. The molecule has 0 fully saturated rings. The van der Waals surface area contributed by atoms with E-state index in [0.717, 1.165) is 22.3 Å². The van der Waals surface area contributed by atoms with Gasteiger partial charge in [-0.3, -0.25) is 9.59 Å². The Morgan fingerprint density at radius 3 is 1.56 bits per heavy atom. The van der Waals surface area contributed by atoms with Crippen molar-refractivity contribution in [3.8, 4) is 0 Å². The Hall–Kier alpha value is -2.65. The summed E-state index contributed by atoms with van der Waals surface area (Å²) >= 11 is 6.19. The van der Waals surface area contributed by atoms with Crippen LogP contribution in [0.2, 0.25) is 0 Å². The van der Waals surface area contributed by atoms with Crippen molar-refractivity contribution >= 4 is 23.2 Å². The maximum Gasteiger partial charge on any atom is 0.226 e. The normalized spacial score (nSPS) is 23.4. The number of Topliss-reactive ketones (excluding diaryl/α,β-unsaturated/α-hetero) is 2. The van der Waals surface area contributed by atoms with Crippen molar-refractivity contribution in [2.75, 3.05) is 7.11 Å². The molecule has 6 rings (SSSR count). The van der Waals surface area contributed by atoms with Gasteiger partial charge in [0.15, 0.2) is 5.76 Å². The van der Waals surface area contributed by atoms with Crippen LogP contribution in [0.25, 0.3) is 0 Å². The first-order chi connectivity index (χ1) is 12.1. The van der Waals surface area contributed by atoms with E-state index in [4.69, 9.17) is 16.3 Å². The average molecular weight is 349 g/mol. The molecule has 122 valence electrons. The van der Waals surface area contributed by atoms with Gasteiger partial charge in [-0.05, 0) is 22.3 Å². The fourth-order valence-corrected chi connectivity index (χ4v) is 4.74. The molecule has 0 saturated carbocycles. The minimum Gasteiger partial charge on any atom is -0.491 e. The number of ether oxygens (including phenoxy) is 1. The van der Waals surface area contributed by atoms with Gasteiger partial charge >= 0.3 is 0 Å². The summed E-state index contributed by atoms with van der Waals surface area (Å²) in [6, 6.07) is 16.0. The molecule has 0 aromatic heterocycles. The summed E-state index contributed by atoms with van der Waals surface area (Å²) in [7, 11) is 1.37. The molecule has 25 heavy (non-hydrogen) atoms. The van der Waals surface area contributed by atoms with Gasteiger partial charge in [0.1, 0.15) is 5.03 Å². The van der Waals surface area contributed by atoms with Crippen LogP contribution in [0.4, 0.5) is 0 Å². The van der Waals surface area contributed by atoms with Crippen LogP contribution in [0.1, 0.15) is 34.1 Å². The largest absolute Gasteiger partial charge is 0.491 e. The van der Waals surface area contributed by atoms with Gasteiger partial charge in [0, 0.05) is 23.0 Å². The second-order valence-corrected chi connectivity index (χ2v) is 6.83. The Bertz CT molecular complexity index is 997. The molecule has 2 bridgehead atoms. The van der Waals surface area contributed by atoms with Crippen LogP contribution in [0, 0.1) is 0 Å². The van der Waals surface area contributed by atoms with Gasteiger partial charge in [-0.25, -0.2) is 0 Å². The monoisotopic (exact) mass is 348 g/mol. The highest BCUT2D eigenvalue weighted by Crippen LogP contribution is 2.57. The first kappa shape index (κ1) is 14.7. The molecule has 0 radical (unpaired) electrons. The predicted molar refractivity (Wildman–Crippen MR) is 93.5 cm³/mol. The number of hydrogen-bond acceptors (Lipinski definition) is 3.